The van der Waals surface area contributed by atoms with Crippen LogP contribution in [0.4, 0.5) is 4.39 Å². The molecule has 2 aliphatic rings. The fraction of sp³-hybridized carbons (Fsp3) is 0.435. The van der Waals surface area contributed by atoms with Crippen LogP contribution in [0.15, 0.2) is 36.4 Å². The van der Waals surface area contributed by atoms with Crippen LogP contribution in [0.3, 0.4) is 0 Å². The molecule has 0 radical (unpaired) electrons. The summed E-state index contributed by atoms with van der Waals surface area (Å²) in [5.74, 6) is -0.470. The highest BCUT2D eigenvalue weighted by atomic mass is 19.1. The van der Waals surface area contributed by atoms with E-state index in [2.05, 4.69) is 11.4 Å². The minimum atomic E-state index is -0.472. The first kappa shape index (κ1) is 20.9. The summed E-state index contributed by atoms with van der Waals surface area (Å²) in [6.45, 7) is 8.14. The molecule has 1 fully saturated rings. The summed E-state index contributed by atoms with van der Waals surface area (Å²) >= 11 is 0. The number of ether oxygens (including phenoxy) is 1. The second kappa shape index (κ2) is 7.39. The highest BCUT2D eigenvalue weighted by Crippen LogP contribution is 2.37. The smallest absolute Gasteiger partial charge is 0.494 e. The molecule has 7 heteroatoms. The Kier molecular flexibility index (Phi) is 5.15. The molecular formula is C23H27BFNO4. The zero-order valence-corrected chi connectivity index (χ0v) is 18.0. The largest absolute Gasteiger partial charge is 0.496 e. The fourth-order valence-corrected chi connectivity index (χ4v) is 4.01. The topological polar surface area (TPSA) is 56.8 Å². The number of hydrogen-bond acceptors (Lipinski definition) is 4. The van der Waals surface area contributed by atoms with Crippen LogP contribution in [0.5, 0.6) is 5.75 Å². The van der Waals surface area contributed by atoms with Crippen LogP contribution < -0.4 is 15.5 Å². The Labute approximate surface area is 177 Å². The number of nitrogens with one attached hydrogen (secondary N) is 1. The molecule has 1 N–H and O–H groups in total. The minimum absolute atomic E-state index is 0.132. The van der Waals surface area contributed by atoms with E-state index >= 15 is 0 Å². The summed E-state index contributed by atoms with van der Waals surface area (Å²) in [5, 5.41) is 3.02. The van der Waals surface area contributed by atoms with Gasteiger partial charge >= 0.3 is 7.12 Å². The van der Waals surface area contributed by atoms with Crippen molar-refractivity contribution in [1.82, 2.24) is 5.32 Å². The quantitative estimate of drug-likeness (QED) is 0.782. The zero-order valence-electron chi connectivity index (χ0n) is 18.0. The van der Waals surface area contributed by atoms with Gasteiger partial charge in [0.25, 0.3) is 5.91 Å². The summed E-state index contributed by atoms with van der Waals surface area (Å²) < 4.78 is 31.2. The maximum absolute atomic E-state index is 13.6. The number of methoxy groups -OCH3 is 1. The number of halogens is 1. The van der Waals surface area contributed by atoms with E-state index in [0.717, 1.165) is 23.9 Å². The summed E-state index contributed by atoms with van der Waals surface area (Å²) in [6.07, 6.45) is 1.62. The van der Waals surface area contributed by atoms with Crippen molar-refractivity contribution in [3.63, 3.8) is 0 Å². The van der Waals surface area contributed by atoms with Gasteiger partial charge in [-0.15, -0.1) is 0 Å². The van der Waals surface area contributed by atoms with Gasteiger partial charge in [-0.3, -0.25) is 4.79 Å². The predicted molar refractivity (Wildman–Crippen MR) is 114 cm³/mol. The van der Waals surface area contributed by atoms with Crippen molar-refractivity contribution in [2.45, 2.75) is 57.8 Å². The van der Waals surface area contributed by atoms with Crippen molar-refractivity contribution >= 4 is 18.5 Å². The third-order valence-corrected chi connectivity index (χ3v) is 6.48. The van der Waals surface area contributed by atoms with E-state index in [-0.39, 0.29) is 17.5 Å². The van der Waals surface area contributed by atoms with Gasteiger partial charge in [0.1, 0.15) is 11.6 Å². The molecule has 0 spiro atoms. The average Bonchev–Trinajstić information content (AvgIpc) is 3.18. The molecule has 1 unspecified atom stereocenters. The van der Waals surface area contributed by atoms with E-state index in [9.17, 15) is 9.18 Å². The van der Waals surface area contributed by atoms with Crippen LogP contribution in [0.25, 0.3) is 0 Å². The lowest BCUT2D eigenvalue weighted by molar-refractivity contribution is 0.00578. The molecule has 2 aromatic rings. The molecule has 5 nitrogen and oxygen atoms in total. The maximum Gasteiger partial charge on any atom is 0.494 e. The summed E-state index contributed by atoms with van der Waals surface area (Å²) in [7, 11) is 1.05. The van der Waals surface area contributed by atoms with Crippen LogP contribution in [0, 0.1) is 5.82 Å². The van der Waals surface area contributed by atoms with Crippen LogP contribution in [-0.4, -0.2) is 31.3 Å². The number of amides is 1. The van der Waals surface area contributed by atoms with E-state index in [1.54, 1.807) is 0 Å². The lowest BCUT2D eigenvalue weighted by Crippen LogP contribution is -2.41. The second-order valence-electron chi connectivity index (χ2n) is 8.96. The molecule has 1 aliphatic heterocycles. The lowest BCUT2D eigenvalue weighted by atomic mass is 9.78. The van der Waals surface area contributed by atoms with Gasteiger partial charge in [-0.2, -0.15) is 0 Å². The van der Waals surface area contributed by atoms with Gasteiger partial charge in [-0.1, -0.05) is 18.2 Å². The molecule has 158 valence electrons. The van der Waals surface area contributed by atoms with Gasteiger partial charge < -0.3 is 19.4 Å². The molecule has 2 aromatic carbocycles. The number of hydrogen-bond donors (Lipinski definition) is 1. The molecule has 1 saturated heterocycles. The molecule has 4 rings (SSSR count). The van der Waals surface area contributed by atoms with Gasteiger partial charge in [0.05, 0.1) is 29.9 Å². The van der Waals surface area contributed by atoms with Crippen molar-refractivity contribution < 1.29 is 23.2 Å². The molecule has 1 aliphatic carbocycles. The van der Waals surface area contributed by atoms with Crippen LogP contribution in [0.2, 0.25) is 0 Å². The van der Waals surface area contributed by atoms with Gasteiger partial charge in [-0.25, -0.2) is 4.39 Å². The monoisotopic (exact) mass is 411 g/mol. The Balaban J connectivity index is 1.52. The van der Waals surface area contributed by atoms with Gasteiger partial charge in [0, 0.05) is 0 Å². The zero-order chi connectivity index (χ0) is 21.7. The summed E-state index contributed by atoms with van der Waals surface area (Å²) in [5.41, 5.74) is 2.62. The van der Waals surface area contributed by atoms with Gasteiger partial charge in [0.2, 0.25) is 0 Å². The lowest BCUT2D eigenvalue weighted by Gasteiger charge is -2.32. The van der Waals surface area contributed by atoms with Crippen molar-refractivity contribution in [3.05, 3.63) is 58.9 Å². The van der Waals surface area contributed by atoms with Crippen molar-refractivity contribution in [2.24, 2.45) is 0 Å². The van der Waals surface area contributed by atoms with E-state index in [4.69, 9.17) is 14.0 Å². The Hall–Kier alpha value is -2.38. The Bertz CT molecular complexity index is 975. The number of carbonyl (C=O) groups is 1. The summed E-state index contributed by atoms with van der Waals surface area (Å²) in [6, 6.07) is 9.93. The van der Waals surface area contributed by atoms with E-state index in [1.165, 1.54) is 30.9 Å². The normalized spacial score (nSPS) is 21.4. The average molecular weight is 411 g/mol. The Morgan fingerprint density at radius 1 is 1.13 bits per heavy atom. The number of fused-ring (bicyclic) bond motifs is 1. The maximum atomic E-state index is 13.6. The highest BCUT2D eigenvalue weighted by Gasteiger charge is 2.51. The number of aryl methyl sites for hydroxylation is 1. The second-order valence-corrected chi connectivity index (χ2v) is 8.96. The molecular weight excluding hydrogens is 384 g/mol. The van der Waals surface area contributed by atoms with Gasteiger partial charge in [0.15, 0.2) is 0 Å². The van der Waals surface area contributed by atoms with E-state index in [0.29, 0.717) is 5.75 Å². The minimum Gasteiger partial charge on any atom is -0.496 e. The third-order valence-electron chi connectivity index (χ3n) is 6.48. The molecule has 1 amide bonds. The van der Waals surface area contributed by atoms with Crippen molar-refractivity contribution in [1.29, 1.82) is 0 Å². The highest BCUT2D eigenvalue weighted by molar-refractivity contribution is 6.62. The number of carbonyl (C=O) groups excluding carboxylic acids is 1. The van der Waals surface area contributed by atoms with Gasteiger partial charge in [-0.05, 0) is 75.3 Å². The van der Waals surface area contributed by atoms with E-state index in [1.807, 2.05) is 39.8 Å². The Morgan fingerprint density at radius 2 is 1.83 bits per heavy atom. The first-order valence-electron chi connectivity index (χ1n) is 10.2. The van der Waals surface area contributed by atoms with Crippen molar-refractivity contribution in [2.75, 3.05) is 7.11 Å². The van der Waals surface area contributed by atoms with E-state index < -0.39 is 24.1 Å². The first-order chi connectivity index (χ1) is 14.1. The van der Waals surface area contributed by atoms with Crippen LogP contribution >= 0.6 is 0 Å². The SMILES string of the molecule is COc1ccc(F)cc1C(=O)NC1CCc2cc(B3OC(C)(C)C(C)(C)O3)ccc21. The molecule has 1 heterocycles. The molecule has 0 saturated carbocycles. The van der Waals surface area contributed by atoms with Crippen LogP contribution in [-0.2, 0) is 15.7 Å². The standard InChI is InChI=1S/C23H27BFNO4/c1-22(2)23(3,4)30-24(29-22)15-7-9-17-14(12-15)6-10-19(17)26-21(27)18-13-16(25)8-11-20(18)28-5/h7-9,11-13,19H,6,10H2,1-5H3,(H,26,27). The summed E-state index contributed by atoms with van der Waals surface area (Å²) in [4.78, 5) is 12.8. The fourth-order valence-electron chi connectivity index (χ4n) is 4.01. The van der Waals surface area contributed by atoms with Crippen LogP contribution in [0.1, 0.15) is 61.6 Å². The van der Waals surface area contributed by atoms with Crippen molar-refractivity contribution in [3.8, 4) is 5.75 Å². The third kappa shape index (κ3) is 3.61. The number of benzene rings is 2. The Morgan fingerprint density at radius 3 is 2.50 bits per heavy atom. The first-order valence-corrected chi connectivity index (χ1v) is 10.2. The molecule has 0 aromatic heterocycles. The molecule has 30 heavy (non-hydrogen) atoms. The molecule has 1 atom stereocenters. The molecule has 0 bridgehead atoms. The predicted octanol–water partition coefficient (Wildman–Crippen LogP) is 3.55. The number of rotatable bonds is 4.